The minimum atomic E-state index is -1.70. The summed E-state index contributed by atoms with van der Waals surface area (Å²) in [6, 6.07) is 9.34. The first-order chi connectivity index (χ1) is 14.6. The van der Waals surface area contributed by atoms with E-state index in [4.69, 9.17) is 9.16 Å². The van der Waals surface area contributed by atoms with Crippen LogP contribution in [-0.2, 0) is 9.16 Å². The number of hydrogen-bond acceptors (Lipinski definition) is 3. The molecule has 0 heterocycles. The van der Waals surface area contributed by atoms with Crippen LogP contribution in [0.15, 0.2) is 42.5 Å². The lowest BCUT2D eigenvalue weighted by molar-refractivity contribution is 0.0226. The largest absolute Gasteiger partial charge is 0.454 e. The van der Waals surface area contributed by atoms with Crippen LogP contribution in [0, 0.1) is 5.92 Å². The molecule has 1 fully saturated rings. The lowest BCUT2D eigenvalue weighted by atomic mass is 9.85. The first-order valence-corrected chi connectivity index (χ1v) is 15.1. The summed E-state index contributed by atoms with van der Waals surface area (Å²) in [5.41, 5.74) is 0.633. The molecule has 0 saturated heterocycles. The molecule has 31 heavy (non-hydrogen) atoms. The van der Waals surface area contributed by atoms with Crippen molar-refractivity contribution in [1.29, 1.82) is 0 Å². The van der Waals surface area contributed by atoms with Crippen molar-refractivity contribution in [3.05, 3.63) is 48.0 Å². The van der Waals surface area contributed by atoms with Gasteiger partial charge in [0.25, 0.3) is 0 Å². The van der Waals surface area contributed by atoms with Gasteiger partial charge in [-0.05, 0) is 81.3 Å². The summed E-state index contributed by atoms with van der Waals surface area (Å²) >= 11 is 0. The van der Waals surface area contributed by atoms with Gasteiger partial charge in [-0.1, -0.05) is 64.3 Å². The summed E-state index contributed by atoms with van der Waals surface area (Å²) in [5.74, 6) is 0.232. The molecule has 0 amide bonds. The third-order valence-electron chi connectivity index (χ3n) is 6.98. The molecule has 0 aromatic heterocycles. The van der Waals surface area contributed by atoms with Crippen molar-refractivity contribution in [2.45, 2.75) is 109 Å². The van der Waals surface area contributed by atoms with Crippen molar-refractivity contribution >= 4 is 14.3 Å². The van der Waals surface area contributed by atoms with Crippen LogP contribution in [0.4, 0.5) is 0 Å². The van der Waals surface area contributed by atoms with Gasteiger partial charge in [-0.3, -0.25) is 0 Å². The van der Waals surface area contributed by atoms with Crippen LogP contribution in [0.1, 0.15) is 89.4 Å². The molecule has 4 heteroatoms. The Hall–Kier alpha value is -1.39. The van der Waals surface area contributed by atoms with Crippen molar-refractivity contribution < 1.29 is 14.0 Å². The Morgan fingerprint density at radius 2 is 1.77 bits per heavy atom. The fourth-order valence-electron chi connectivity index (χ4n) is 4.01. The maximum absolute atomic E-state index is 12.6. The Kier molecular flexibility index (Phi) is 10.0. The number of hydrogen-bond donors (Lipinski definition) is 0. The highest BCUT2D eigenvalue weighted by atomic mass is 28.4. The summed E-state index contributed by atoms with van der Waals surface area (Å²) in [5, 5.41) is 0.247. The zero-order chi connectivity index (χ0) is 22.9. The fraction of sp³-hybridized carbons (Fsp3) is 0.667. The van der Waals surface area contributed by atoms with Crippen molar-refractivity contribution in [1.82, 2.24) is 0 Å². The van der Waals surface area contributed by atoms with Gasteiger partial charge >= 0.3 is 5.97 Å². The number of esters is 1. The van der Waals surface area contributed by atoms with Gasteiger partial charge in [0.1, 0.15) is 6.10 Å². The van der Waals surface area contributed by atoms with E-state index in [1.54, 1.807) is 0 Å². The third-order valence-corrected chi connectivity index (χ3v) is 11.6. The van der Waals surface area contributed by atoms with E-state index in [2.05, 4.69) is 52.9 Å². The van der Waals surface area contributed by atoms with Crippen LogP contribution in [0.2, 0.25) is 18.1 Å². The molecule has 0 unspecified atom stereocenters. The van der Waals surface area contributed by atoms with E-state index in [0.29, 0.717) is 17.6 Å². The highest BCUT2D eigenvalue weighted by Gasteiger charge is 2.38. The monoisotopic (exact) mass is 444 g/mol. The minimum Gasteiger partial charge on any atom is -0.454 e. The van der Waals surface area contributed by atoms with Crippen LogP contribution in [0.3, 0.4) is 0 Å². The Bertz CT molecular complexity index is 684. The van der Waals surface area contributed by atoms with Gasteiger partial charge in [0.2, 0.25) is 0 Å². The number of allylic oxidation sites excluding steroid dienone is 1. The lowest BCUT2D eigenvalue weighted by Crippen LogP contribution is -2.43. The van der Waals surface area contributed by atoms with Crippen LogP contribution in [0.25, 0.3) is 0 Å². The van der Waals surface area contributed by atoms with Crippen LogP contribution < -0.4 is 0 Å². The first-order valence-electron chi connectivity index (χ1n) is 12.2. The van der Waals surface area contributed by atoms with E-state index < -0.39 is 8.32 Å². The maximum atomic E-state index is 12.6. The quantitative estimate of drug-likeness (QED) is 0.159. The summed E-state index contributed by atoms with van der Waals surface area (Å²) in [4.78, 5) is 12.6. The number of carbonyl (C=O) groups is 1. The number of carbonyl (C=O) groups excluding carboxylic acids is 1. The number of benzene rings is 1. The van der Waals surface area contributed by atoms with Gasteiger partial charge in [-0.15, -0.1) is 0 Å². The molecule has 1 saturated carbocycles. The molecule has 1 aliphatic carbocycles. The molecule has 3 nitrogen and oxygen atoms in total. The second-order valence-electron chi connectivity index (χ2n) is 10.7. The van der Waals surface area contributed by atoms with E-state index in [1.807, 2.05) is 30.3 Å². The van der Waals surface area contributed by atoms with Crippen LogP contribution in [0.5, 0.6) is 0 Å². The summed E-state index contributed by atoms with van der Waals surface area (Å²) < 4.78 is 12.4. The molecule has 174 valence electrons. The SMILES string of the molecule is C[C@@H](CCC/C=C/[C@H](OC(=O)c1ccccc1)C1CCCCC1)O[Si](C)(C)C(C)(C)C. The van der Waals surface area contributed by atoms with Gasteiger partial charge < -0.3 is 9.16 Å². The predicted molar refractivity (Wildman–Crippen MR) is 133 cm³/mol. The van der Waals surface area contributed by atoms with Crippen molar-refractivity contribution in [3.63, 3.8) is 0 Å². The molecular weight excluding hydrogens is 400 g/mol. The zero-order valence-electron chi connectivity index (χ0n) is 20.7. The van der Waals surface area contributed by atoms with Crippen LogP contribution >= 0.6 is 0 Å². The van der Waals surface area contributed by atoms with Crippen molar-refractivity contribution in [2.24, 2.45) is 5.92 Å². The molecular formula is C27H44O3Si. The number of unbranched alkanes of at least 4 members (excludes halogenated alkanes) is 1. The molecule has 2 atom stereocenters. The lowest BCUT2D eigenvalue weighted by Gasteiger charge is -2.38. The normalized spacial score (nSPS) is 18.1. The molecule has 1 aromatic carbocycles. The van der Waals surface area contributed by atoms with Gasteiger partial charge in [-0.25, -0.2) is 4.79 Å². The molecule has 1 aromatic rings. The second kappa shape index (κ2) is 12.0. The summed E-state index contributed by atoms with van der Waals surface area (Å²) in [6.07, 6.45) is 13.8. The van der Waals surface area contributed by atoms with Gasteiger partial charge in [0, 0.05) is 6.10 Å². The topological polar surface area (TPSA) is 35.5 Å². The third kappa shape index (κ3) is 8.57. The average molecular weight is 445 g/mol. The predicted octanol–water partition coefficient (Wildman–Crippen LogP) is 7.93. The molecule has 2 rings (SSSR count). The van der Waals surface area contributed by atoms with Gasteiger partial charge in [0.15, 0.2) is 8.32 Å². The highest BCUT2D eigenvalue weighted by Crippen LogP contribution is 2.37. The summed E-state index contributed by atoms with van der Waals surface area (Å²) in [7, 11) is -1.70. The van der Waals surface area contributed by atoms with Gasteiger partial charge in [0.05, 0.1) is 5.56 Å². The smallest absolute Gasteiger partial charge is 0.338 e. The van der Waals surface area contributed by atoms with Crippen molar-refractivity contribution in [2.75, 3.05) is 0 Å². The molecule has 0 bridgehead atoms. The van der Waals surface area contributed by atoms with E-state index in [9.17, 15) is 4.79 Å². The standard InChI is InChI=1S/C27H44O3Si/c1-22(30-31(5,6)27(2,3)4)16-10-7-15-21-25(23-17-11-8-12-18-23)29-26(28)24-19-13-9-14-20-24/h9,13-15,19-23,25H,7-8,10-12,16-18H2,1-6H3/b21-15+/t22-,25-/m0/s1. The summed E-state index contributed by atoms with van der Waals surface area (Å²) in [6.45, 7) is 13.7. The molecule has 0 aliphatic heterocycles. The Labute approximate surface area is 191 Å². The van der Waals surface area contributed by atoms with Gasteiger partial charge in [-0.2, -0.15) is 0 Å². The minimum absolute atomic E-state index is 0.117. The Morgan fingerprint density at radius 3 is 2.39 bits per heavy atom. The molecule has 0 radical (unpaired) electrons. The van der Waals surface area contributed by atoms with Crippen LogP contribution in [-0.4, -0.2) is 26.5 Å². The van der Waals surface area contributed by atoms with E-state index in [0.717, 1.165) is 32.1 Å². The first kappa shape index (κ1) is 25.9. The van der Waals surface area contributed by atoms with Crippen molar-refractivity contribution in [3.8, 4) is 0 Å². The maximum Gasteiger partial charge on any atom is 0.338 e. The van der Waals surface area contributed by atoms with E-state index in [-0.39, 0.29) is 17.1 Å². The van der Waals surface area contributed by atoms with E-state index >= 15 is 0 Å². The highest BCUT2D eigenvalue weighted by molar-refractivity contribution is 6.74. The fourth-order valence-corrected chi connectivity index (χ4v) is 5.49. The van der Waals surface area contributed by atoms with E-state index in [1.165, 1.54) is 19.3 Å². The second-order valence-corrected chi connectivity index (χ2v) is 15.4. The Morgan fingerprint density at radius 1 is 1.13 bits per heavy atom. The Balaban J connectivity index is 1.86. The molecule has 0 N–H and O–H groups in total. The number of ether oxygens (including phenoxy) is 1. The zero-order valence-corrected chi connectivity index (χ0v) is 21.7. The average Bonchev–Trinajstić information content (AvgIpc) is 2.72. The molecule has 1 aliphatic rings. The molecule has 0 spiro atoms. The number of rotatable bonds is 10.